The third-order valence-corrected chi connectivity index (χ3v) is 5.32. The number of ether oxygens (including phenoxy) is 1. The molecule has 1 aromatic carbocycles. The number of imidazole rings is 1. The number of benzene rings is 1. The lowest BCUT2D eigenvalue weighted by Gasteiger charge is -2.31. The Hall–Kier alpha value is -3.65. The van der Waals surface area contributed by atoms with Crippen LogP contribution in [0, 0.1) is 0 Å². The number of H-pyrrole nitrogens is 1. The highest BCUT2D eigenvalue weighted by molar-refractivity contribution is 5.59. The molecule has 5 rings (SSSR count). The summed E-state index contributed by atoms with van der Waals surface area (Å²) in [5.74, 6) is 1.52. The normalized spacial score (nSPS) is 14.9. The zero-order chi connectivity index (χ0) is 20.3. The Morgan fingerprint density at radius 3 is 2.50 bits per heavy atom. The molecule has 0 bridgehead atoms. The summed E-state index contributed by atoms with van der Waals surface area (Å²) >= 11 is 0. The molecule has 4 aromatic rings. The predicted octanol–water partition coefficient (Wildman–Crippen LogP) is 2.79. The summed E-state index contributed by atoms with van der Waals surface area (Å²) in [7, 11) is 0. The molecular weight excluding hydrogens is 380 g/mol. The van der Waals surface area contributed by atoms with Crippen molar-refractivity contribution in [1.29, 1.82) is 0 Å². The van der Waals surface area contributed by atoms with Crippen molar-refractivity contribution >= 4 is 12.1 Å². The molecule has 3 aromatic heterocycles. The Morgan fingerprint density at radius 2 is 1.77 bits per heavy atom. The van der Waals surface area contributed by atoms with Crippen LogP contribution in [0.15, 0.2) is 61.1 Å². The number of nitrogens with zero attached hydrogens (tertiary/aromatic N) is 5. The lowest BCUT2D eigenvalue weighted by Crippen LogP contribution is -2.45. The van der Waals surface area contributed by atoms with Crippen molar-refractivity contribution in [3.05, 3.63) is 66.7 Å². The number of hydrogen-bond donors (Lipinski definition) is 1. The molecule has 0 atom stereocenters. The molecule has 0 unspecified atom stereocenters. The average Bonchev–Trinajstić information content (AvgIpc) is 3.44. The zero-order valence-corrected chi connectivity index (χ0v) is 16.4. The fourth-order valence-corrected chi connectivity index (χ4v) is 3.67. The van der Waals surface area contributed by atoms with Crippen molar-refractivity contribution in [1.82, 2.24) is 29.4 Å². The Morgan fingerprint density at radius 1 is 0.967 bits per heavy atom. The van der Waals surface area contributed by atoms with Crippen molar-refractivity contribution in [3.63, 3.8) is 0 Å². The van der Waals surface area contributed by atoms with E-state index in [9.17, 15) is 4.79 Å². The largest absolute Gasteiger partial charge is 0.456 e. The number of carbonyl (C=O) groups is 1. The zero-order valence-electron chi connectivity index (χ0n) is 16.4. The first-order valence-corrected chi connectivity index (χ1v) is 9.94. The van der Waals surface area contributed by atoms with E-state index in [0.717, 1.165) is 73.2 Å². The topological polar surface area (TPSA) is 78.8 Å². The van der Waals surface area contributed by atoms with Gasteiger partial charge in [0.05, 0.1) is 17.6 Å². The Bertz CT molecular complexity index is 1130. The maximum atomic E-state index is 10.9. The van der Waals surface area contributed by atoms with Crippen molar-refractivity contribution < 1.29 is 9.53 Å². The highest BCUT2D eigenvalue weighted by Crippen LogP contribution is 2.25. The first-order valence-electron chi connectivity index (χ1n) is 9.94. The second-order valence-corrected chi connectivity index (χ2v) is 7.38. The van der Waals surface area contributed by atoms with Gasteiger partial charge in [0.25, 0.3) is 0 Å². The minimum Gasteiger partial charge on any atom is -0.456 e. The van der Waals surface area contributed by atoms with E-state index in [1.807, 2.05) is 64.2 Å². The van der Waals surface area contributed by atoms with Gasteiger partial charge >= 0.3 is 0 Å². The number of piperazine rings is 1. The second-order valence-electron chi connectivity index (χ2n) is 7.38. The number of nitrogens with one attached hydrogen (secondary N) is 1. The van der Waals surface area contributed by atoms with E-state index >= 15 is 0 Å². The van der Waals surface area contributed by atoms with Gasteiger partial charge in [0.1, 0.15) is 17.1 Å². The number of carbonyl (C=O) groups excluding carboxylic acids is 1. The molecule has 1 N–H and O–H groups in total. The molecule has 1 amide bonds. The molecule has 30 heavy (non-hydrogen) atoms. The van der Waals surface area contributed by atoms with Crippen LogP contribution in [0.2, 0.25) is 0 Å². The molecule has 0 spiro atoms. The SMILES string of the molecule is O=CN1CCN(Cc2cn3cc(Oc4ccc(-c5ccn[nH]5)cc4)ccc3n2)CC1. The highest BCUT2D eigenvalue weighted by atomic mass is 16.5. The molecule has 0 radical (unpaired) electrons. The maximum Gasteiger partial charge on any atom is 0.209 e. The minimum absolute atomic E-state index is 0.750. The summed E-state index contributed by atoms with van der Waals surface area (Å²) in [4.78, 5) is 19.7. The summed E-state index contributed by atoms with van der Waals surface area (Å²) < 4.78 is 8.01. The molecule has 4 heterocycles. The number of rotatable bonds is 6. The van der Waals surface area contributed by atoms with Gasteiger partial charge in [-0.25, -0.2) is 4.98 Å². The molecule has 0 saturated carbocycles. The maximum absolute atomic E-state index is 10.9. The first-order chi connectivity index (χ1) is 14.8. The molecular formula is C22H22N6O2. The van der Waals surface area contributed by atoms with E-state index in [1.165, 1.54) is 0 Å². The molecule has 0 aliphatic carbocycles. The van der Waals surface area contributed by atoms with Gasteiger partial charge in [-0.15, -0.1) is 0 Å². The van der Waals surface area contributed by atoms with Crippen LogP contribution in [-0.2, 0) is 11.3 Å². The fraction of sp³-hybridized carbons (Fsp3) is 0.227. The van der Waals surface area contributed by atoms with Crippen molar-refractivity contribution in [2.75, 3.05) is 26.2 Å². The van der Waals surface area contributed by atoms with Crippen LogP contribution in [-0.4, -0.2) is 62.0 Å². The van der Waals surface area contributed by atoms with E-state index in [2.05, 4.69) is 15.1 Å². The van der Waals surface area contributed by atoms with E-state index in [0.29, 0.717) is 0 Å². The van der Waals surface area contributed by atoms with Gasteiger partial charge in [-0.05, 0) is 48.0 Å². The van der Waals surface area contributed by atoms with Crippen LogP contribution < -0.4 is 4.74 Å². The molecule has 1 saturated heterocycles. The third-order valence-electron chi connectivity index (χ3n) is 5.32. The van der Waals surface area contributed by atoms with E-state index < -0.39 is 0 Å². The Labute approximate surface area is 173 Å². The quantitative estimate of drug-likeness (QED) is 0.502. The predicted molar refractivity (Wildman–Crippen MR) is 112 cm³/mol. The number of fused-ring (bicyclic) bond motifs is 1. The van der Waals surface area contributed by atoms with E-state index in [1.54, 1.807) is 6.20 Å². The average molecular weight is 402 g/mol. The first kappa shape index (κ1) is 18.4. The number of aromatic amines is 1. The summed E-state index contributed by atoms with van der Waals surface area (Å²) in [6.45, 7) is 4.06. The van der Waals surface area contributed by atoms with Gasteiger partial charge in [0.2, 0.25) is 6.41 Å². The molecule has 1 fully saturated rings. The molecule has 1 aliphatic heterocycles. The standard InChI is InChI=1S/C22H22N6O2/c29-16-27-11-9-26(10-12-27)13-18-14-28-15-20(5-6-22(28)24-18)30-19-3-1-17(2-4-19)21-7-8-23-25-21/h1-8,14-16H,9-13H2,(H,23,25). The summed E-state index contributed by atoms with van der Waals surface area (Å²) in [6.07, 6.45) is 6.64. The number of hydrogen-bond acceptors (Lipinski definition) is 5. The Kier molecular flexibility index (Phi) is 4.90. The van der Waals surface area contributed by atoms with Crippen molar-refractivity contribution in [2.45, 2.75) is 6.54 Å². The van der Waals surface area contributed by atoms with Crippen LogP contribution in [0.3, 0.4) is 0 Å². The van der Waals surface area contributed by atoms with Crippen LogP contribution in [0.4, 0.5) is 0 Å². The number of pyridine rings is 1. The van der Waals surface area contributed by atoms with Crippen LogP contribution in [0.25, 0.3) is 16.9 Å². The number of amides is 1. The van der Waals surface area contributed by atoms with Crippen LogP contribution in [0.5, 0.6) is 11.5 Å². The van der Waals surface area contributed by atoms with Gasteiger partial charge < -0.3 is 14.0 Å². The minimum atomic E-state index is 0.750. The second kappa shape index (κ2) is 8.00. The summed E-state index contributed by atoms with van der Waals surface area (Å²) in [6, 6.07) is 13.7. The molecule has 8 nitrogen and oxygen atoms in total. The molecule has 152 valence electrons. The van der Waals surface area contributed by atoms with Crippen LogP contribution in [0.1, 0.15) is 5.69 Å². The number of aromatic nitrogens is 4. The third kappa shape index (κ3) is 3.90. The molecule has 1 aliphatic rings. The summed E-state index contributed by atoms with van der Waals surface area (Å²) in [5, 5.41) is 6.94. The lowest BCUT2D eigenvalue weighted by atomic mass is 10.1. The van der Waals surface area contributed by atoms with Gasteiger partial charge in [0, 0.05) is 45.1 Å². The van der Waals surface area contributed by atoms with Gasteiger partial charge in [-0.1, -0.05) is 0 Å². The highest BCUT2D eigenvalue weighted by Gasteiger charge is 2.16. The van der Waals surface area contributed by atoms with E-state index in [-0.39, 0.29) is 0 Å². The lowest BCUT2D eigenvalue weighted by molar-refractivity contribution is -0.119. The van der Waals surface area contributed by atoms with Crippen molar-refractivity contribution in [2.24, 2.45) is 0 Å². The smallest absolute Gasteiger partial charge is 0.209 e. The van der Waals surface area contributed by atoms with Gasteiger partial charge in [-0.3, -0.25) is 14.8 Å². The fourth-order valence-electron chi connectivity index (χ4n) is 3.67. The van der Waals surface area contributed by atoms with Gasteiger partial charge in [-0.2, -0.15) is 5.10 Å². The Balaban J connectivity index is 1.26. The van der Waals surface area contributed by atoms with E-state index in [4.69, 9.17) is 9.72 Å². The van der Waals surface area contributed by atoms with Gasteiger partial charge in [0.15, 0.2) is 0 Å². The monoisotopic (exact) mass is 402 g/mol. The molecule has 8 heteroatoms. The summed E-state index contributed by atoms with van der Waals surface area (Å²) in [5.41, 5.74) is 3.93. The van der Waals surface area contributed by atoms with Crippen molar-refractivity contribution in [3.8, 4) is 22.8 Å². The van der Waals surface area contributed by atoms with Crippen LogP contribution >= 0.6 is 0 Å².